The van der Waals surface area contributed by atoms with Crippen molar-refractivity contribution in [1.29, 1.82) is 0 Å². The number of pyridine rings is 1. The van der Waals surface area contributed by atoms with E-state index in [0.717, 1.165) is 28.8 Å². The third-order valence-corrected chi connectivity index (χ3v) is 3.89. The molecule has 0 aliphatic heterocycles. The predicted molar refractivity (Wildman–Crippen MR) is 92.4 cm³/mol. The van der Waals surface area contributed by atoms with Crippen LogP contribution in [-0.2, 0) is 6.54 Å². The maximum Gasteiger partial charge on any atom is 0.169 e. The third kappa shape index (κ3) is 3.43. The molecule has 3 rings (SSSR count). The number of nitrogens with zero attached hydrogens (tertiary/aromatic N) is 1. The smallest absolute Gasteiger partial charge is 0.169 e. The Bertz CT molecular complexity index is 764. The normalized spacial score (nSPS) is 11.2. The van der Waals surface area contributed by atoms with Crippen LogP contribution in [0.1, 0.15) is 21.1 Å². The lowest BCUT2D eigenvalue weighted by molar-refractivity contribution is -0.697. The van der Waals surface area contributed by atoms with E-state index in [4.69, 9.17) is 1.37 Å². The summed E-state index contributed by atoms with van der Waals surface area (Å²) in [4.78, 5) is 0. The van der Waals surface area contributed by atoms with E-state index >= 15 is 0 Å². The first-order valence-corrected chi connectivity index (χ1v) is 7.93. The molecule has 0 aliphatic rings. The van der Waals surface area contributed by atoms with Gasteiger partial charge in [0, 0.05) is 18.6 Å². The van der Waals surface area contributed by atoms with Crippen molar-refractivity contribution < 1.29 is 5.94 Å². The minimum atomic E-state index is 0.566. The van der Waals surface area contributed by atoms with Gasteiger partial charge in [0.15, 0.2) is 12.4 Å². The molecule has 0 spiro atoms. The van der Waals surface area contributed by atoms with Crippen LogP contribution in [0.2, 0.25) is 0 Å². The van der Waals surface area contributed by atoms with Crippen LogP contribution in [0.5, 0.6) is 0 Å². The molecule has 0 amide bonds. The Morgan fingerprint density at radius 2 is 1.41 bits per heavy atom. The zero-order chi connectivity index (χ0) is 16.1. The summed E-state index contributed by atoms with van der Waals surface area (Å²) in [6.07, 6.45) is 6.66. The van der Waals surface area contributed by atoms with E-state index in [1.165, 1.54) is 12.8 Å². The van der Waals surface area contributed by atoms with Crippen LogP contribution in [0.15, 0.2) is 79.1 Å². The minimum absolute atomic E-state index is 0.566. The van der Waals surface area contributed by atoms with Crippen LogP contribution >= 0.6 is 0 Å². The van der Waals surface area contributed by atoms with Crippen LogP contribution in [0.4, 0.5) is 0 Å². The van der Waals surface area contributed by atoms with Gasteiger partial charge >= 0.3 is 0 Å². The lowest BCUT2D eigenvalue weighted by Crippen LogP contribution is -2.32. The molecule has 0 unspecified atom stereocenters. The van der Waals surface area contributed by atoms with Crippen molar-refractivity contribution in [3.63, 3.8) is 0 Å². The van der Waals surface area contributed by atoms with Crippen molar-refractivity contribution in [2.75, 3.05) is 0 Å². The van der Waals surface area contributed by atoms with Crippen molar-refractivity contribution >= 4 is 0 Å². The van der Waals surface area contributed by atoms with E-state index in [1.807, 2.05) is 42.5 Å². The first-order chi connectivity index (χ1) is 11.3. The van der Waals surface area contributed by atoms with Gasteiger partial charge in [-0.1, -0.05) is 67.9 Å². The molecule has 1 heterocycles. The number of rotatable bonds is 5. The molecule has 2 aromatic carbocycles. The van der Waals surface area contributed by atoms with E-state index in [0.29, 0.717) is 6.04 Å². The van der Waals surface area contributed by atoms with Crippen molar-refractivity contribution in [3.05, 3.63) is 79.1 Å². The summed E-state index contributed by atoms with van der Waals surface area (Å²) < 4.78 is 10.5. The monoisotopic (exact) mass is 289 g/mol. The van der Waals surface area contributed by atoms with E-state index in [2.05, 4.69) is 42.1 Å². The van der Waals surface area contributed by atoms with Crippen molar-refractivity contribution in [2.45, 2.75) is 26.3 Å². The molecule has 0 fully saturated rings. The maximum atomic E-state index is 8.33. The Morgan fingerprint density at radius 1 is 0.773 bits per heavy atom. The second kappa shape index (κ2) is 7.04. The largest absolute Gasteiger partial charge is 0.205 e. The Balaban J connectivity index is 1.85. The van der Waals surface area contributed by atoms with Crippen molar-refractivity contribution in [3.8, 4) is 22.3 Å². The minimum Gasteiger partial charge on any atom is -0.205 e. The standard InChI is InChI=1S/C21H22N/c1-2-3-15-22-16-13-21(14-17-22)20-11-9-19(10-12-20)18-7-5-4-6-8-18/h4-14,16-17H,2-3,15H2,1H3/q+1/i9D. The second-order valence-corrected chi connectivity index (χ2v) is 5.54. The fourth-order valence-corrected chi connectivity index (χ4v) is 2.54. The Kier molecular flexibility index (Phi) is 4.24. The molecular weight excluding hydrogens is 266 g/mol. The molecule has 0 bridgehead atoms. The summed E-state index contributed by atoms with van der Waals surface area (Å²) in [7, 11) is 0. The summed E-state index contributed by atoms with van der Waals surface area (Å²) in [5, 5.41) is 0. The number of hydrogen-bond donors (Lipinski definition) is 0. The molecule has 3 aromatic rings. The zero-order valence-electron chi connectivity index (χ0n) is 14.0. The Hall–Kier alpha value is -2.41. The van der Waals surface area contributed by atoms with Gasteiger partial charge in [0.1, 0.15) is 6.54 Å². The van der Waals surface area contributed by atoms with E-state index in [-0.39, 0.29) is 0 Å². The van der Waals surface area contributed by atoms with Gasteiger partial charge in [0.2, 0.25) is 0 Å². The van der Waals surface area contributed by atoms with Crippen molar-refractivity contribution in [2.24, 2.45) is 0 Å². The molecule has 1 aromatic heterocycles. The van der Waals surface area contributed by atoms with Gasteiger partial charge in [-0.2, -0.15) is 0 Å². The Morgan fingerprint density at radius 3 is 2.09 bits per heavy atom. The summed E-state index contributed by atoms with van der Waals surface area (Å²) in [6, 6.07) is 21.0. The van der Waals surface area contributed by atoms with Gasteiger partial charge in [-0.05, 0) is 22.3 Å². The molecule has 0 saturated heterocycles. The van der Waals surface area contributed by atoms with Gasteiger partial charge in [-0.25, -0.2) is 4.57 Å². The van der Waals surface area contributed by atoms with E-state index in [9.17, 15) is 0 Å². The first-order valence-electron chi connectivity index (χ1n) is 8.43. The summed E-state index contributed by atoms with van der Waals surface area (Å²) in [5.41, 5.74) is 4.32. The van der Waals surface area contributed by atoms with Gasteiger partial charge < -0.3 is 0 Å². The van der Waals surface area contributed by atoms with Gasteiger partial charge in [-0.3, -0.25) is 0 Å². The van der Waals surface area contributed by atoms with Crippen LogP contribution in [0.25, 0.3) is 22.3 Å². The van der Waals surface area contributed by atoms with Gasteiger partial charge in [0.25, 0.3) is 0 Å². The SMILES string of the molecule is [2H]c1cc(-c2cc[n+](CCCC)cc2)ccc1-c1ccccc1. The van der Waals surface area contributed by atoms with Crippen molar-refractivity contribution in [1.82, 2.24) is 0 Å². The van der Waals surface area contributed by atoms with Gasteiger partial charge in [0.05, 0.1) is 1.37 Å². The molecular formula is C21H22N+. The highest BCUT2D eigenvalue weighted by Gasteiger charge is 2.03. The molecule has 0 N–H and O–H groups in total. The molecule has 0 atom stereocenters. The molecule has 110 valence electrons. The molecule has 0 saturated carbocycles. The van der Waals surface area contributed by atoms with E-state index < -0.39 is 0 Å². The second-order valence-electron chi connectivity index (χ2n) is 5.54. The fraction of sp³-hybridized carbons (Fsp3) is 0.190. The average molecular weight is 289 g/mol. The predicted octanol–water partition coefficient (Wildman–Crippen LogP) is 5.11. The molecule has 0 radical (unpaired) electrons. The Labute approximate surface area is 134 Å². The number of benzene rings is 2. The highest BCUT2D eigenvalue weighted by atomic mass is 14.9. The maximum absolute atomic E-state index is 8.33. The number of hydrogen-bond acceptors (Lipinski definition) is 0. The molecule has 1 heteroatoms. The highest BCUT2D eigenvalue weighted by Crippen LogP contribution is 2.24. The molecule has 1 nitrogen and oxygen atoms in total. The average Bonchev–Trinajstić information content (AvgIpc) is 2.61. The fourth-order valence-electron chi connectivity index (χ4n) is 2.54. The molecule has 0 aliphatic carbocycles. The van der Waals surface area contributed by atoms with Gasteiger partial charge in [-0.15, -0.1) is 0 Å². The lowest BCUT2D eigenvalue weighted by atomic mass is 10.0. The van der Waals surface area contributed by atoms with Crippen LogP contribution in [-0.4, -0.2) is 0 Å². The topological polar surface area (TPSA) is 3.88 Å². The summed E-state index contributed by atoms with van der Waals surface area (Å²) >= 11 is 0. The highest BCUT2D eigenvalue weighted by molar-refractivity contribution is 5.69. The number of unbranched alkanes of at least 4 members (excludes halogenated alkanes) is 1. The zero-order valence-corrected chi connectivity index (χ0v) is 13.0. The number of aromatic nitrogens is 1. The van der Waals surface area contributed by atoms with Crippen LogP contribution in [0, 0.1) is 0 Å². The number of aryl methyl sites for hydroxylation is 1. The van der Waals surface area contributed by atoms with E-state index in [1.54, 1.807) is 0 Å². The lowest BCUT2D eigenvalue weighted by Gasteiger charge is -2.04. The first kappa shape index (κ1) is 13.3. The summed E-state index contributed by atoms with van der Waals surface area (Å²) in [6.45, 7) is 3.27. The quantitative estimate of drug-likeness (QED) is 0.575. The van der Waals surface area contributed by atoms with Crippen LogP contribution < -0.4 is 4.57 Å². The van der Waals surface area contributed by atoms with Crippen LogP contribution in [0.3, 0.4) is 0 Å². The summed E-state index contributed by atoms with van der Waals surface area (Å²) in [5.74, 6) is 0. The third-order valence-electron chi connectivity index (χ3n) is 3.89. The molecule has 22 heavy (non-hydrogen) atoms.